The van der Waals surface area contributed by atoms with Gasteiger partial charge in [0.2, 0.25) is 0 Å². The van der Waals surface area contributed by atoms with Crippen LogP contribution < -0.4 is 15.6 Å². The molecule has 0 saturated carbocycles. The number of nitrogens with one attached hydrogen (secondary N) is 1. The third-order valence-electron chi connectivity index (χ3n) is 3.81. The highest BCUT2D eigenvalue weighted by Gasteiger charge is 2.15. The molecular weight excluding hydrogens is 364 g/mol. The molecule has 0 unspecified atom stereocenters. The molecular formula is C19H18N4O3S. The number of methoxy groups -OCH3 is 1. The number of ether oxygens (including phenoxy) is 1. The van der Waals surface area contributed by atoms with Gasteiger partial charge in [-0.05, 0) is 35.9 Å². The monoisotopic (exact) mass is 382 g/mol. The van der Waals surface area contributed by atoms with E-state index in [1.807, 2.05) is 12.1 Å². The van der Waals surface area contributed by atoms with Crippen LogP contribution in [0.3, 0.4) is 0 Å². The number of thioether (sulfide) groups is 1. The van der Waals surface area contributed by atoms with Gasteiger partial charge in [-0.1, -0.05) is 17.8 Å². The lowest BCUT2D eigenvalue weighted by atomic mass is 10.2. The van der Waals surface area contributed by atoms with Gasteiger partial charge in [0.1, 0.15) is 11.3 Å². The molecule has 8 heteroatoms. The van der Waals surface area contributed by atoms with E-state index >= 15 is 0 Å². The molecule has 3 rings (SSSR count). The molecule has 3 aromatic rings. The number of anilines is 1. The summed E-state index contributed by atoms with van der Waals surface area (Å²) >= 11 is 1.41. The Kier molecular flexibility index (Phi) is 5.87. The Labute approximate surface area is 160 Å². The van der Waals surface area contributed by atoms with E-state index in [1.54, 1.807) is 50.8 Å². The van der Waals surface area contributed by atoms with E-state index in [1.165, 1.54) is 22.5 Å². The lowest BCUT2D eigenvalue weighted by molar-refractivity contribution is 0.102. The van der Waals surface area contributed by atoms with Crippen LogP contribution in [0.5, 0.6) is 5.75 Å². The van der Waals surface area contributed by atoms with Crippen molar-refractivity contribution in [3.05, 3.63) is 76.5 Å². The molecule has 7 nitrogen and oxygen atoms in total. The fraction of sp³-hybridized carbons (Fsp3) is 0.158. The summed E-state index contributed by atoms with van der Waals surface area (Å²) in [5, 5.41) is 3.22. The van der Waals surface area contributed by atoms with Crippen molar-refractivity contribution in [1.29, 1.82) is 0 Å². The lowest BCUT2D eigenvalue weighted by Gasteiger charge is -2.10. The number of amides is 1. The van der Waals surface area contributed by atoms with E-state index in [4.69, 9.17) is 4.74 Å². The highest BCUT2D eigenvalue weighted by atomic mass is 32.2. The average Bonchev–Trinajstić information content (AvgIpc) is 2.70. The number of rotatable bonds is 6. The van der Waals surface area contributed by atoms with E-state index in [2.05, 4.69) is 15.3 Å². The van der Waals surface area contributed by atoms with Crippen molar-refractivity contribution in [2.45, 2.75) is 10.9 Å². The Bertz CT molecular complexity index is 988. The van der Waals surface area contributed by atoms with E-state index in [9.17, 15) is 9.59 Å². The van der Waals surface area contributed by atoms with Crippen molar-refractivity contribution in [2.75, 3.05) is 12.4 Å². The van der Waals surface area contributed by atoms with Crippen LogP contribution >= 0.6 is 11.8 Å². The summed E-state index contributed by atoms with van der Waals surface area (Å²) in [6, 6.07) is 10.7. The maximum Gasteiger partial charge on any atom is 0.266 e. The van der Waals surface area contributed by atoms with Crippen LogP contribution in [0.15, 0.2) is 64.9 Å². The molecule has 0 saturated heterocycles. The van der Waals surface area contributed by atoms with Gasteiger partial charge in [-0.15, -0.1) is 0 Å². The number of hydrogen-bond donors (Lipinski definition) is 1. The Hall–Kier alpha value is -3.13. The van der Waals surface area contributed by atoms with E-state index in [0.717, 1.165) is 5.56 Å². The molecule has 138 valence electrons. The Morgan fingerprint density at radius 2 is 2.00 bits per heavy atom. The number of nitrogens with zero attached hydrogens (tertiary/aromatic N) is 3. The van der Waals surface area contributed by atoms with Crippen molar-refractivity contribution >= 4 is 23.4 Å². The standard InChI is InChI=1S/C19H18N4O3S/c1-23-18(25)16(17(24)22-14-5-7-15(26-2)8-6-14)11-21-19(23)27-12-13-4-3-9-20-10-13/h3-11H,12H2,1-2H3,(H,22,24). The number of benzene rings is 1. The molecule has 1 aromatic carbocycles. The third-order valence-corrected chi connectivity index (χ3v) is 4.92. The summed E-state index contributed by atoms with van der Waals surface area (Å²) < 4.78 is 6.46. The van der Waals surface area contributed by atoms with Gasteiger partial charge in [-0.3, -0.25) is 19.1 Å². The molecule has 27 heavy (non-hydrogen) atoms. The number of pyridine rings is 1. The van der Waals surface area contributed by atoms with Gasteiger partial charge in [-0.2, -0.15) is 0 Å². The predicted octanol–water partition coefficient (Wildman–Crippen LogP) is 2.73. The van der Waals surface area contributed by atoms with Crippen LogP contribution in [-0.2, 0) is 12.8 Å². The molecule has 0 aliphatic rings. The molecule has 0 bridgehead atoms. The number of hydrogen-bond acceptors (Lipinski definition) is 6. The third kappa shape index (κ3) is 4.53. The van der Waals surface area contributed by atoms with Crippen LogP contribution in [0.4, 0.5) is 5.69 Å². The van der Waals surface area contributed by atoms with Crippen molar-refractivity contribution < 1.29 is 9.53 Å². The van der Waals surface area contributed by atoms with Gasteiger partial charge in [0, 0.05) is 37.1 Å². The smallest absolute Gasteiger partial charge is 0.266 e. The molecule has 0 spiro atoms. The summed E-state index contributed by atoms with van der Waals surface area (Å²) in [6.45, 7) is 0. The largest absolute Gasteiger partial charge is 0.497 e. The van der Waals surface area contributed by atoms with E-state index < -0.39 is 11.5 Å². The van der Waals surface area contributed by atoms with Crippen LogP contribution in [-0.4, -0.2) is 27.6 Å². The quantitative estimate of drug-likeness (QED) is 0.521. The van der Waals surface area contributed by atoms with Gasteiger partial charge in [-0.25, -0.2) is 4.98 Å². The molecule has 2 aromatic heterocycles. The number of carbonyl (C=O) groups excluding carboxylic acids is 1. The minimum absolute atomic E-state index is 0.0148. The summed E-state index contributed by atoms with van der Waals surface area (Å²) in [7, 11) is 3.17. The van der Waals surface area contributed by atoms with Crippen LogP contribution in [0.1, 0.15) is 15.9 Å². The second-order valence-electron chi connectivity index (χ2n) is 5.65. The first-order valence-electron chi connectivity index (χ1n) is 8.11. The van der Waals surface area contributed by atoms with Crippen molar-refractivity contribution in [1.82, 2.24) is 14.5 Å². The Balaban J connectivity index is 1.73. The zero-order chi connectivity index (χ0) is 19.2. The fourth-order valence-electron chi connectivity index (χ4n) is 2.32. The predicted molar refractivity (Wildman–Crippen MR) is 104 cm³/mol. The molecule has 1 N–H and O–H groups in total. The molecule has 1 amide bonds. The Morgan fingerprint density at radius 3 is 2.67 bits per heavy atom. The molecule has 0 radical (unpaired) electrons. The van der Waals surface area contributed by atoms with E-state index in [-0.39, 0.29) is 5.56 Å². The van der Waals surface area contributed by atoms with Gasteiger partial charge in [0.15, 0.2) is 5.16 Å². The van der Waals surface area contributed by atoms with Crippen LogP contribution in [0.2, 0.25) is 0 Å². The second-order valence-corrected chi connectivity index (χ2v) is 6.59. The van der Waals surface area contributed by atoms with Crippen LogP contribution in [0.25, 0.3) is 0 Å². The van der Waals surface area contributed by atoms with Crippen molar-refractivity contribution in [3.8, 4) is 5.75 Å². The maximum absolute atomic E-state index is 12.5. The molecule has 2 heterocycles. The van der Waals surface area contributed by atoms with Crippen LogP contribution in [0, 0.1) is 0 Å². The molecule has 0 aliphatic carbocycles. The summed E-state index contributed by atoms with van der Waals surface area (Å²) in [5.41, 5.74) is 1.18. The summed E-state index contributed by atoms with van der Waals surface area (Å²) in [5.74, 6) is 0.809. The number of aromatic nitrogens is 3. The maximum atomic E-state index is 12.5. The first-order valence-corrected chi connectivity index (χ1v) is 9.10. The van der Waals surface area contributed by atoms with Gasteiger partial charge < -0.3 is 10.1 Å². The molecule has 0 atom stereocenters. The highest BCUT2D eigenvalue weighted by Crippen LogP contribution is 2.19. The normalized spacial score (nSPS) is 10.4. The highest BCUT2D eigenvalue weighted by molar-refractivity contribution is 7.98. The fourth-order valence-corrected chi connectivity index (χ4v) is 3.19. The zero-order valence-corrected chi connectivity index (χ0v) is 15.7. The Morgan fingerprint density at radius 1 is 1.22 bits per heavy atom. The van der Waals surface area contributed by atoms with Gasteiger partial charge in [0.25, 0.3) is 11.5 Å². The van der Waals surface area contributed by atoms with Crippen molar-refractivity contribution in [2.24, 2.45) is 7.05 Å². The first-order chi connectivity index (χ1) is 13.1. The van der Waals surface area contributed by atoms with Gasteiger partial charge >= 0.3 is 0 Å². The minimum atomic E-state index is -0.503. The first kappa shape index (κ1) is 18.7. The lowest BCUT2D eigenvalue weighted by Crippen LogP contribution is -2.29. The number of carbonyl (C=O) groups is 1. The second kappa shape index (κ2) is 8.50. The summed E-state index contributed by atoms with van der Waals surface area (Å²) in [6.07, 6.45) is 4.78. The SMILES string of the molecule is COc1ccc(NC(=O)c2cnc(SCc3cccnc3)n(C)c2=O)cc1. The topological polar surface area (TPSA) is 86.1 Å². The summed E-state index contributed by atoms with van der Waals surface area (Å²) in [4.78, 5) is 33.3. The van der Waals surface area contributed by atoms with E-state index in [0.29, 0.717) is 22.3 Å². The van der Waals surface area contributed by atoms with Crippen molar-refractivity contribution in [3.63, 3.8) is 0 Å². The zero-order valence-electron chi connectivity index (χ0n) is 14.9. The average molecular weight is 382 g/mol. The molecule has 0 fully saturated rings. The minimum Gasteiger partial charge on any atom is -0.497 e. The molecule has 0 aliphatic heterocycles. The van der Waals surface area contributed by atoms with Gasteiger partial charge in [0.05, 0.1) is 7.11 Å².